The average Bonchev–Trinajstić information content (AvgIpc) is 2.57. The maximum atomic E-state index is 6.53. The molecule has 0 radical (unpaired) electrons. The van der Waals surface area contributed by atoms with Crippen molar-refractivity contribution in [1.82, 2.24) is 14.9 Å². The van der Waals surface area contributed by atoms with Crippen LogP contribution in [0.3, 0.4) is 0 Å². The molecule has 0 saturated heterocycles. The van der Waals surface area contributed by atoms with E-state index in [2.05, 4.69) is 34.1 Å². The van der Waals surface area contributed by atoms with Gasteiger partial charge in [-0.05, 0) is 38.5 Å². The van der Waals surface area contributed by atoms with Gasteiger partial charge in [-0.25, -0.2) is 4.99 Å². The molecule has 0 amide bonds. The van der Waals surface area contributed by atoms with E-state index in [0.717, 1.165) is 35.6 Å². The van der Waals surface area contributed by atoms with Crippen molar-refractivity contribution in [3.05, 3.63) is 47.0 Å². The molecule has 0 saturated carbocycles. The lowest BCUT2D eigenvalue weighted by atomic mass is 10.1. The smallest absolute Gasteiger partial charge is 0.0910 e. The molecule has 2 rings (SSSR count). The molecule has 0 bridgehead atoms. The molecule has 0 aliphatic carbocycles. The fourth-order valence-corrected chi connectivity index (χ4v) is 2.47. The first-order valence-corrected chi connectivity index (χ1v) is 8.43. The number of nitrogens with one attached hydrogen (secondary N) is 1. The summed E-state index contributed by atoms with van der Waals surface area (Å²) in [6.45, 7) is 7.11. The molecular formula is C18H24ClN5. The van der Waals surface area contributed by atoms with E-state index >= 15 is 0 Å². The van der Waals surface area contributed by atoms with E-state index in [-0.39, 0.29) is 6.04 Å². The lowest BCUT2D eigenvalue weighted by Crippen LogP contribution is -2.19. The number of aromatic nitrogens is 2. The van der Waals surface area contributed by atoms with Gasteiger partial charge in [0.15, 0.2) is 0 Å². The van der Waals surface area contributed by atoms with Crippen LogP contribution >= 0.6 is 11.6 Å². The van der Waals surface area contributed by atoms with Crippen molar-refractivity contribution < 1.29 is 0 Å². The predicted molar refractivity (Wildman–Crippen MR) is 101 cm³/mol. The number of aryl methyl sites for hydroxylation is 1. The highest BCUT2D eigenvalue weighted by molar-refractivity contribution is 6.35. The molecule has 0 aliphatic heterocycles. The molecule has 6 heteroatoms. The summed E-state index contributed by atoms with van der Waals surface area (Å²) in [5, 5.41) is 4.09. The number of aliphatic imine (C=N–C) groups is 1. The summed E-state index contributed by atoms with van der Waals surface area (Å²) >= 11 is 6.53. The van der Waals surface area contributed by atoms with Crippen LogP contribution in [0.2, 0.25) is 5.02 Å². The van der Waals surface area contributed by atoms with Crippen LogP contribution in [0, 0.1) is 6.92 Å². The third kappa shape index (κ3) is 5.20. The van der Waals surface area contributed by atoms with Gasteiger partial charge in [-0.15, -0.1) is 0 Å². The summed E-state index contributed by atoms with van der Waals surface area (Å²) in [5.74, 6) is 0. The van der Waals surface area contributed by atoms with Crippen LogP contribution in [-0.2, 0) is 6.42 Å². The van der Waals surface area contributed by atoms with Crippen molar-refractivity contribution in [3.63, 3.8) is 0 Å². The lowest BCUT2D eigenvalue weighted by Gasteiger charge is -2.17. The second-order valence-corrected chi connectivity index (χ2v) is 6.29. The standard InChI is InChI=1S/C18H24ClN5/c1-5-24(4)12-22-16-8-13(2)9-17(18(16)19)23-14(3)10-15-11-20-6-7-21-15/h6-9,11-12,14,23H,5,10H2,1-4H3. The molecule has 1 heterocycles. The molecule has 0 aliphatic rings. The van der Waals surface area contributed by atoms with Gasteiger partial charge in [0.2, 0.25) is 0 Å². The zero-order chi connectivity index (χ0) is 17.5. The molecule has 24 heavy (non-hydrogen) atoms. The Morgan fingerprint density at radius 3 is 2.83 bits per heavy atom. The van der Waals surface area contributed by atoms with Gasteiger partial charge in [-0.3, -0.25) is 9.97 Å². The molecule has 1 N–H and O–H groups in total. The van der Waals surface area contributed by atoms with Gasteiger partial charge in [0, 0.05) is 44.6 Å². The van der Waals surface area contributed by atoms with Gasteiger partial charge < -0.3 is 10.2 Å². The highest BCUT2D eigenvalue weighted by atomic mass is 35.5. The number of hydrogen-bond acceptors (Lipinski definition) is 4. The van der Waals surface area contributed by atoms with Crippen LogP contribution < -0.4 is 5.32 Å². The van der Waals surface area contributed by atoms with E-state index in [4.69, 9.17) is 11.6 Å². The Labute approximate surface area is 148 Å². The molecule has 128 valence electrons. The van der Waals surface area contributed by atoms with Crippen molar-refractivity contribution in [2.75, 3.05) is 18.9 Å². The van der Waals surface area contributed by atoms with Crippen molar-refractivity contribution in [1.29, 1.82) is 0 Å². The fraction of sp³-hybridized carbons (Fsp3) is 0.389. The Morgan fingerprint density at radius 1 is 1.38 bits per heavy atom. The van der Waals surface area contributed by atoms with Crippen LogP contribution in [-0.4, -0.2) is 40.8 Å². The molecule has 1 atom stereocenters. The number of benzene rings is 1. The van der Waals surface area contributed by atoms with Crippen molar-refractivity contribution in [2.45, 2.75) is 33.2 Å². The van der Waals surface area contributed by atoms with Crippen LogP contribution in [0.25, 0.3) is 0 Å². The minimum absolute atomic E-state index is 0.177. The third-order valence-electron chi connectivity index (χ3n) is 3.62. The number of nitrogens with zero attached hydrogens (tertiary/aromatic N) is 4. The van der Waals surface area contributed by atoms with Crippen molar-refractivity contribution in [3.8, 4) is 0 Å². The number of halogens is 1. The summed E-state index contributed by atoms with van der Waals surface area (Å²) in [7, 11) is 1.98. The lowest BCUT2D eigenvalue weighted by molar-refractivity contribution is 0.552. The molecule has 5 nitrogen and oxygen atoms in total. The second kappa shape index (κ2) is 8.64. The van der Waals surface area contributed by atoms with Crippen LogP contribution in [0.5, 0.6) is 0 Å². The van der Waals surface area contributed by atoms with Gasteiger partial charge in [-0.2, -0.15) is 0 Å². The van der Waals surface area contributed by atoms with Gasteiger partial charge in [0.1, 0.15) is 0 Å². The topological polar surface area (TPSA) is 53.4 Å². The summed E-state index contributed by atoms with van der Waals surface area (Å²) < 4.78 is 0. The Morgan fingerprint density at radius 2 is 2.17 bits per heavy atom. The quantitative estimate of drug-likeness (QED) is 0.606. The minimum Gasteiger partial charge on any atom is -0.381 e. The maximum absolute atomic E-state index is 6.53. The molecule has 1 aromatic carbocycles. The Balaban J connectivity index is 2.15. The van der Waals surface area contributed by atoms with E-state index in [9.17, 15) is 0 Å². The van der Waals surface area contributed by atoms with E-state index < -0.39 is 0 Å². The summed E-state index contributed by atoms with van der Waals surface area (Å²) in [4.78, 5) is 14.9. The molecule has 1 aromatic heterocycles. The zero-order valence-electron chi connectivity index (χ0n) is 14.6. The first kappa shape index (κ1) is 18.2. The molecule has 0 fully saturated rings. The molecule has 0 spiro atoms. The third-order valence-corrected chi connectivity index (χ3v) is 4.02. The summed E-state index contributed by atoms with van der Waals surface area (Å²) in [6, 6.07) is 4.20. The minimum atomic E-state index is 0.177. The number of rotatable bonds is 7. The average molecular weight is 346 g/mol. The van der Waals surface area contributed by atoms with E-state index in [1.165, 1.54) is 0 Å². The van der Waals surface area contributed by atoms with E-state index in [1.807, 2.05) is 31.0 Å². The van der Waals surface area contributed by atoms with Crippen LogP contribution in [0.1, 0.15) is 25.1 Å². The molecule has 1 unspecified atom stereocenters. The SMILES string of the molecule is CCN(C)C=Nc1cc(C)cc(NC(C)Cc2cnccn2)c1Cl. The summed E-state index contributed by atoms with van der Waals surface area (Å²) in [5.41, 5.74) is 3.72. The zero-order valence-corrected chi connectivity index (χ0v) is 15.4. The monoisotopic (exact) mass is 345 g/mol. The Kier molecular flexibility index (Phi) is 6.55. The van der Waals surface area contributed by atoms with Crippen molar-refractivity contribution >= 4 is 29.3 Å². The van der Waals surface area contributed by atoms with Gasteiger partial charge >= 0.3 is 0 Å². The Hall–Kier alpha value is -2.14. The maximum Gasteiger partial charge on any atom is 0.0910 e. The van der Waals surface area contributed by atoms with Crippen LogP contribution in [0.4, 0.5) is 11.4 Å². The first-order valence-electron chi connectivity index (χ1n) is 8.05. The molecular weight excluding hydrogens is 322 g/mol. The highest BCUT2D eigenvalue weighted by Crippen LogP contribution is 2.34. The Bertz CT molecular complexity index is 687. The highest BCUT2D eigenvalue weighted by Gasteiger charge is 2.11. The van der Waals surface area contributed by atoms with Gasteiger partial charge in [0.05, 0.1) is 28.4 Å². The van der Waals surface area contributed by atoms with E-state index in [1.54, 1.807) is 24.9 Å². The number of hydrogen-bond donors (Lipinski definition) is 1. The largest absolute Gasteiger partial charge is 0.381 e. The van der Waals surface area contributed by atoms with Gasteiger partial charge in [-0.1, -0.05) is 11.6 Å². The predicted octanol–water partition coefficient (Wildman–Crippen LogP) is 4.09. The van der Waals surface area contributed by atoms with Gasteiger partial charge in [0.25, 0.3) is 0 Å². The number of anilines is 1. The van der Waals surface area contributed by atoms with Crippen LogP contribution in [0.15, 0.2) is 35.7 Å². The fourth-order valence-electron chi connectivity index (χ4n) is 2.26. The second-order valence-electron chi connectivity index (χ2n) is 5.91. The summed E-state index contributed by atoms with van der Waals surface area (Å²) in [6.07, 6.45) is 7.74. The van der Waals surface area contributed by atoms with Crippen molar-refractivity contribution in [2.24, 2.45) is 4.99 Å². The van der Waals surface area contributed by atoms with E-state index in [0.29, 0.717) is 5.02 Å². The normalized spacial score (nSPS) is 12.4. The molecule has 2 aromatic rings. The first-order chi connectivity index (χ1) is 11.5.